The molecule has 0 radical (unpaired) electrons. The van der Waals surface area contributed by atoms with Gasteiger partial charge in [0.05, 0.1) is 12.2 Å². The molecule has 0 spiro atoms. The molecule has 0 unspecified atom stereocenters. The average Bonchev–Trinajstić information content (AvgIpc) is 2.53. The van der Waals surface area contributed by atoms with E-state index in [2.05, 4.69) is 0 Å². The Kier molecular flexibility index (Phi) is 0.769. The third kappa shape index (κ3) is 0.516. The summed E-state index contributed by atoms with van der Waals surface area (Å²) in [5.74, 6) is 4.35. The van der Waals surface area contributed by atoms with Gasteiger partial charge < -0.3 is 4.74 Å². The molecule has 0 N–H and O–H groups in total. The Balaban J connectivity index is 1.76. The highest BCUT2D eigenvalue weighted by molar-refractivity contribution is 5.12. The van der Waals surface area contributed by atoms with Crippen molar-refractivity contribution in [2.24, 2.45) is 23.7 Å². The highest BCUT2D eigenvalue weighted by Crippen LogP contribution is 2.64. The normalized spacial score (nSPS) is 69.8. The molecule has 6 atom stereocenters. The van der Waals surface area contributed by atoms with Crippen LogP contribution >= 0.6 is 0 Å². The van der Waals surface area contributed by atoms with Gasteiger partial charge in [0.2, 0.25) is 0 Å². The molecule has 4 aliphatic rings. The topological polar surface area (TPSA) is 12.5 Å². The van der Waals surface area contributed by atoms with Gasteiger partial charge >= 0.3 is 0 Å². The summed E-state index contributed by atoms with van der Waals surface area (Å²) in [6.45, 7) is 0. The highest BCUT2D eigenvalue weighted by Gasteiger charge is 2.64. The predicted molar refractivity (Wildman–Crippen MR) is 41.1 cm³/mol. The van der Waals surface area contributed by atoms with Crippen LogP contribution < -0.4 is 0 Å². The minimum Gasteiger partial charge on any atom is -0.369 e. The number of hydrogen-bond donors (Lipinski definition) is 0. The van der Waals surface area contributed by atoms with Crippen LogP contribution in [0.3, 0.4) is 0 Å². The van der Waals surface area contributed by atoms with E-state index in [1.54, 1.807) is 12.8 Å². The lowest BCUT2D eigenvalue weighted by Crippen LogP contribution is -2.22. The minimum absolute atomic E-state index is 0.730. The third-order valence-electron chi connectivity index (χ3n) is 4.66. The maximum atomic E-state index is 5.62. The molecule has 4 fully saturated rings. The second-order valence-electron chi connectivity index (χ2n) is 4.95. The van der Waals surface area contributed by atoms with Crippen molar-refractivity contribution in [2.45, 2.75) is 37.9 Å². The van der Waals surface area contributed by atoms with E-state index in [0.717, 1.165) is 35.9 Å². The van der Waals surface area contributed by atoms with Gasteiger partial charge in [0.15, 0.2) is 0 Å². The van der Waals surface area contributed by atoms with Crippen molar-refractivity contribution in [3.8, 4) is 0 Å². The summed E-state index contributed by atoms with van der Waals surface area (Å²) in [7, 11) is 0. The van der Waals surface area contributed by atoms with Crippen molar-refractivity contribution in [1.82, 2.24) is 0 Å². The molecule has 0 aromatic carbocycles. The SMILES string of the molecule is C1C[C@H]2C[C@@H]1[C@@H]1C[C@H]3O[C@H]3[C@H]21. The zero-order valence-corrected chi connectivity index (χ0v) is 6.70. The number of fused-ring (bicyclic) bond motifs is 7. The van der Waals surface area contributed by atoms with Crippen molar-refractivity contribution in [3.63, 3.8) is 0 Å². The van der Waals surface area contributed by atoms with Crippen LogP contribution in [0.5, 0.6) is 0 Å². The molecule has 3 saturated carbocycles. The zero-order chi connectivity index (χ0) is 7.00. The number of rotatable bonds is 0. The monoisotopic (exact) mass is 150 g/mol. The molecule has 3 aliphatic carbocycles. The standard InChI is InChI=1S/C10H14O/c1-2-6-3-5(1)7-4-8-10(11-8)9(6)7/h5-10H,1-4H2/t5-,6+,7+,8-,9-,10-/m1/s1. The first-order valence-electron chi connectivity index (χ1n) is 5.09. The van der Waals surface area contributed by atoms with Gasteiger partial charge in [-0.1, -0.05) is 0 Å². The summed E-state index contributed by atoms with van der Waals surface area (Å²) in [6, 6.07) is 0. The predicted octanol–water partition coefficient (Wildman–Crippen LogP) is 1.82. The highest BCUT2D eigenvalue weighted by atomic mass is 16.6. The summed E-state index contributed by atoms with van der Waals surface area (Å²) < 4.78 is 5.62. The van der Waals surface area contributed by atoms with Gasteiger partial charge in [-0.2, -0.15) is 0 Å². The minimum atomic E-state index is 0.730. The van der Waals surface area contributed by atoms with Crippen molar-refractivity contribution in [1.29, 1.82) is 0 Å². The van der Waals surface area contributed by atoms with Crippen LogP contribution in [0, 0.1) is 23.7 Å². The van der Waals surface area contributed by atoms with Crippen LogP contribution in [-0.2, 0) is 4.74 Å². The smallest absolute Gasteiger partial charge is 0.0875 e. The van der Waals surface area contributed by atoms with E-state index in [-0.39, 0.29) is 0 Å². The molecular formula is C10H14O. The first-order chi connectivity index (χ1) is 5.43. The quantitative estimate of drug-likeness (QED) is 0.480. The Morgan fingerprint density at radius 1 is 1.00 bits per heavy atom. The van der Waals surface area contributed by atoms with Gasteiger partial charge in [0, 0.05) is 0 Å². The van der Waals surface area contributed by atoms with Crippen molar-refractivity contribution in [2.75, 3.05) is 0 Å². The van der Waals surface area contributed by atoms with E-state index in [1.807, 2.05) is 0 Å². The Morgan fingerprint density at radius 3 is 2.82 bits per heavy atom. The lowest BCUT2D eigenvalue weighted by Gasteiger charge is -2.25. The summed E-state index contributed by atoms with van der Waals surface area (Å²) in [5, 5.41) is 0. The van der Waals surface area contributed by atoms with E-state index >= 15 is 0 Å². The van der Waals surface area contributed by atoms with Gasteiger partial charge in [-0.05, 0) is 49.4 Å². The molecule has 0 aromatic heterocycles. The Labute approximate surface area is 67.1 Å². The van der Waals surface area contributed by atoms with Crippen molar-refractivity contribution >= 4 is 0 Å². The maximum absolute atomic E-state index is 5.62. The lowest BCUT2D eigenvalue weighted by molar-refractivity contribution is 0.147. The summed E-state index contributed by atoms with van der Waals surface area (Å²) >= 11 is 0. The van der Waals surface area contributed by atoms with Gasteiger partial charge in [0.1, 0.15) is 0 Å². The van der Waals surface area contributed by atoms with Crippen LogP contribution in [0.25, 0.3) is 0 Å². The molecule has 4 rings (SSSR count). The summed E-state index contributed by atoms with van der Waals surface area (Å²) in [4.78, 5) is 0. The van der Waals surface area contributed by atoms with E-state index in [1.165, 1.54) is 12.8 Å². The van der Waals surface area contributed by atoms with Crippen LogP contribution in [0.1, 0.15) is 25.7 Å². The van der Waals surface area contributed by atoms with Crippen LogP contribution in [0.2, 0.25) is 0 Å². The molecule has 0 amide bonds. The second-order valence-corrected chi connectivity index (χ2v) is 4.95. The van der Waals surface area contributed by atoms with Crippen LogP contribution in [0.15, 0.2) is 0 Å². The zero-order valence-electron chi connectivity index (χ0n) is 6.70. The molecule has 1 heteroatoms. The van der Waals surface area contributed by atoms with Gasteiger partial charge in [-0.25, -0.2) is 0 Å². The Morgan fingerprint density at radius 2 is 1.91 bits per heavy atom. The van der Waals surface area contributed by atoms with E-state index in [4.69, 9.17) is 4.74 Å². The van der Waals surface area contributed by atoms with E-state index in [0.29, 0.717) is 0 Å². The van der Waals surface area contributed by atoms with Crippen molar-refractivity contribution in [3.05, 3.63) is 0 Å². The Hall–Kier alpha value is -0.0400. The largest absolute Gasteiger partial charge is 0.369 e. The summed E-state index contributed by atoms with van der Waals surface area (Å²) in [5.41, 5.74) is 0. The third-order valence-corrected chi connectivity index (χ3v) is 4.66. The summed E-state index contributed by atoms with van der Waals surface area (Å²) in [6.07, 6.45) is 7.53. The fourth-order valence-corrected chi connectivity index (χ4v) is 4.27. The molecule has 0 aromatic rings. The fraction of sp³-hybridized carbons (Fsp3) is 1.00. The molecule has 60 valence electrons. The average molecular weight is 150 g/mol. The first kappa shape index (κ1) is 5.58. The van der Waals surface area contributed by atoms with Gasteiger partial charge in [-0.15, -0.1) is 0 Å². The van der Waals surface area contributed by atoms with Crippen molar-refractivity contribution < 1.29 is 4.74 Å². The van der Waals surface area contributed by atoms with E-state index < -0.39 is 0 Å². The molecule has 1 aliphatic heterocycles. The van der Waals surface area contributed by atoms with Gasteiger partial charge in [0.25, 0.3) is 0 Å². The molecule has 1 nitrogen and oxygen atoms in total. The van der Waals surface area contributed by atoms with E-state index in [9.17, 15) is 0 Å². The fourth-order valence-electron chi connectivity index (χ4n) is 4.27. The molecule has 11 heavy (non-hydrogen) atoms. The first-order valence-corrected chi connectivity index (χ1v) is 5.09. The molecule has 1 heterocycles. The Bertz CT molecular complexity index is 213. The van der Waals surface area contributed by atoms with Gasteiger partial charge in [-0.3, -0.25) is 0 Å². The van der Waals surface area contributed by atoms with Crippen LogP contribution in [-0.4, -0.2) is 12.2 Å². The number of epoxide rings is 1. The molecular weight excluding hydrogens is 136 g/mol. The second kappa shape index (κ2) is 1.52. The van der Waals surface area contributed by atoms with Crippen LogP contribution in [0.4, 0.5) is 0 Å². The molecule has 1 saturated heterocycles. The lowest BCUT2D eigenvalue weighted by atomic mass is 9.81. The molecule has 2 bridgehead atoms. The maximum Gasteiger partial charge on any atom is 0.0875 e. The number of ether oxygens (including phenoxy) is 1. The number of hydrogen-bond acceptors (Lipinski definition) is 1.